The summed E-state index contributed by atoms with van der Waals surface area (Å²) in [4.78, 5) is 38.1. The molecule has 0 saturated carbocycles. The highest BCUT2D eigenvalue weighted by Gasteiger charge is 2.30. The number of H-pyrrole nitrogens is 1. The Hall–Kier alpha value is -1.65. The van der Waals surface area contributed by atoms with Crippen LogP contribution in [0.3, 0.4) is 0 Å². The zero-order chi connectivity index (χ0) is 15.0. The van der Waals surface area contributed by atoms with Crippen molar-refractivity contribution in [1.29, 1.82) is 0 Å². The number of aromatic nitrogens is 2. The number of ketones is 1. The van der Waals surface area contributed by atoms with Crippen molar-refractivity contribution in [3.05, 3.63) is 32.6 Å². The van der Waals surface area contributed by atoms with Gasteiger partial charge in [0.2, 0.25) is 0 Å². The predicted molar refractivity (Wildman–Crippen MR) is 74.7 cm³/mol. The highest BCUT2D eigenvalue weighted by atomic mass is 16.2. The van der Waals surface area contributed by atoms with E-state index in [1.807, 2.05) is 34.6 Å². The first-order valence-electron chi connectivity index (χ1n) is 6.32. The van der Waals surface area contributed by atoms with Crippen molar-refractivity contribution in [2.75, 3.05) is 0 Å². The normalized spacial score (nSPS) is 12.5. The molecule has 5 heteroatoms. The lowest BCUT2D eigenvalue weighted by Gasteiger charge is -2.33. The summed E-state index contributed by atoms with van der Waals surface area (Å²) in [5, 5.41) is 0. The topological polar surface area (TPSA) is 71.9 Å². The average Bonchev–Trinajstić information content (AvgIpc) is 2.11. The zero-order valence-electron chi connectivity index (χ0n) is 12.5. The summed E-state index contributed by atoms with van der Waals surface area (Å²) in [6.07, 6.45) is 1.83. The Balaban J connectivity index is 3.50. The van der Waals surface area contributed by atoms with Crippen molar-refractivity contribution < 1.29 is 4.79 Å². The molecule has 1 rings (SSSR count). The van der Waals surface area contributed by atoms with E-state index in [-0.39, 0.29) is 16.8 Å². The van der Waals surface area contributed by atoms with Gasteiger partial charge in [0.1, 0.15) is 0 Å². The highest BCUT2D eigenvalue weighted by molar-refractivity contribution is 5.93. The van der Waals surface area contributed by atoms with Gasteiger partial charge in [-0.15, -0.1) is 0 Å². The molecule has 0 saturated heterocycles. The Bertz CT molecular complexity index is 600. The molecule has 1 heterocycles. The Morgan fingerprint density at radius 3 is 2.16 bits per heavy atom. The van der Waals surface area contributed by atoms with E-state index in [9.17, 15) is 14.4 Å². The van der Waals surface area contributed by atoms with Crippen LogP contribution in [0.5, 0.6) is 0 Å². The van der Waals surface area contributed by atoms with Gasteiger partial charge in [-0.3, -0.25) is 14.2 Å². The molecule has 0 fully saturated rings. The van der Waals surface area contributed by atoms with Crippen LogP contribution >= 0.6 is 0 Å². The second kappa shape index (κ2) is 4.79. The lowest BCUT2D eigenvalue weighted by atomic mass is 9.81. The smallest absolute Gasteiger partial charge is 0.313 e. The molecule has 0 radical (unpaired) electrons. The van der Waals surface area contributed by atoms with Gasteiger partial charge in [-0.05, 0) is 32.6 Å². The van der Waals surface area contributed by atoms with Crippen LogP contribution < -0.4 is 11.2 Å². The Labute approximate surface area is 112 Å². The maximum atomic E-state index is 12.3. The fraction of sp³-hybridized carbons (Fsp3) is 0.643. The van der Waals surface area contributed by atoms with Crippen LogP contribution in [0.25, 0.3) is 0 Å². The molecule has 0 aliphatic rings. The van der Waals surface area contributed by atoms with E-state index in [4.69, 9.17) is 0 Å². The molecule has 1 aromatic rings. The van der Waals surface area contributed by atoms with E-state index in [2.05, 4.69) is 4.98 Å². The summed E-state index contributed by atoms with van der Waals surface area (Å²) >= 11 is 0. The standard InChI is InChI=1S/C14H22N2O3/c1-9(17)10-7-15-12(19)16(11(10)18)14(5,6)8-13(2,3)4/h7H,8H2,1-6H3,(H,15,19). The summed E-state index contributed by atoms with van der Waals surface area (Å²) in [5.41, 5.74) is -1.69. The number of aromatic amines is 1. The number of hydrogen-bond donors (Lipinski definition) is 1. The van der Waals surface area contributed by atoms with Crippen molar-refractivity contribution in [2.45, 2.75) is 53.5 Å². The number of carbonyl (C=O) groups is 1. The van der Waals surface area contributed by atoms with Crippen LogP contribution in [-0.4, -0.2) is 15.3 Å². The van der Waals surface area contributed by atoms with Crippen molar-refractivity contribution in [2.24, 2.45) is 5.41 Å². The van der Waals surface area contributed by atoms with E-state index >= 15 is 0 Å². The molecule has 0 aliphatic heterocycles. The largest absolute Gasteiger partial charge is 0.328 e. The summed E-state index contributed by atoms with van der Waals surface area (Å²) in [6, 6.07) is 0. The van der Waals surface area contributed by atoms with Gasteiger partial charge < -0.3 is 4.98 Å². The average molecular weight is 266 g/mol. The van der Waals surface area contributed by atoms with Crippen LogP contribution in [0.4, 0.5) is 0 Å². The third kappa shape index (κ3) is 3.43. The van der Waals surface area contributed by atoms with Gasteiger partial charge >= 0.3 is 5.69 Å². The van der Waals surface area contributed by atoms with Gasteiger partial charge in [-0.2, -0.15) is 0 Å². The first-order chi connectivity index (χ1) is 8.46. The minimum atomic E-state index is -0.658. The maximum Gasteiger partial charge on any atom is 0.328 e. The quantitative estimate of drug-likeness (QED) is 0.849. The van der Waals surface area contributed by atoms with Gasteiger partial charge in [0.05, 0.1) is 5.56 Å². The molecular formula is C14H22N2O3. The van der Waals surface area contributed by atoms with Crippen molar-refractivity contribution in [3.63, 3.8) is 0 Å². The predicted octanol–water partition coefficient (Wildman–Crippen LogP) is 1.91. The molecular weight excluding hydrogens is 244 g/mol. The lowest BCUT2D eigenvalue weighted by molar-refractivity contribution is 0.101. The molecule has 0 aliphatic carbocycles. The van der Waals surface area contributed by atoms with Crippen molar-refractivity contribution in [3.8, 4) is 0 Å². The first-order valence-corrected chi connectivity index (χ1v) is 6.32. The third-order valence-corrected chi connectivity index (χ3v) is 2.92. The molecule has 5 nitrogen and oxygen atoms in total. The number of rotatable bonds is 3. The molecule has 0 unspecified atom stereocenters. The number of Topliss-reactive ketones (excluding diaryl/α,β-unsaturated/α-hetero) is 1. The third-order valence-electron chi connectivity index (χ3n) is 2.92. The molecule has 19 heavy (non-hydrogen) atoms. The van der Waals surface area contributed by atoms with E-state index in [0.717, 1.165) is 4.57 Å². The summed E-state index contributed by atoms with van der Waals surface area (Å²) < 4.78 is 1.15. The van der Waals surface area contributed by atoms with Crippen molar-refractivity contribution in [1.82, 2.24) is 9.55 Å². The summed E-state index contributed by atoms with van der Waals surface area (Å²) in [6.45, 7) is 11.1. The van der Waals surface area contributed by atoms with Crippen LogP contribution in [0, 0.1) is 5.41 Å². The zero-order valence-corrected chi connectivity index (χ0v) is 12.5. The van der Waals surface area contributed by atoms with Gasteiger partial charge in [-0.25, -0.2) is 4.79 Å². The molecule has 0 aromatic carbocycles. The summed E-state index contributed by atoms with van der Waals surface area (Å²) in [5.74, 6) is -0.346. The Morgan fingerprint density at radius 1 is 1.21 bits per heavy atom. The summed E-state index contributed by atoms with van der Waals surface area (Å²) in [7, 11) is 0. The van der Waals surface area contributed by atoms with E-state index in [1.165, 1.54) is 13.1 Å². The van der Waals surface area contributed by atoms with Gasteiger partial charge in [0.15, 0.2) is 5.78 Å². The monoisotopic (exact) mass is 266 g/mol. The molecule has 0 atom stereocenters. The van der Waals surface area contributed by atoms with Crippen LogP contribution in [0.1, 0.15) is 58.3 Å². The SMILES string of the molecule is CC(=O)c1c[nH]c(=O)n(C(C)(C)CC(C)(C)C)c1=O. The first kappa shape index (κ1) is 15.4. The molecule has 1 aromatic heterocycles. The number of nitrogens with zero attached hydrogens (tertiary/aromatic N) is 1. The van der Waals surface area contributed by atoms with E-state index in [0.29, 0.717) is 6.42 Å². The molecule has 0 bridgehead atoms. The van der Waals surface area contributed by atoms with Crippen LogP contribution in [0.2, 0.25) is 0 Å². The Kier molecular flexibility index (Phi) is 3.89. The van der Waals surface area contributed by atoms with Crippen LogP contribution in [0.15, 0.2) is 15.8 Å². The fourth-order valence-corrected chi connectivity index (χ4v) is 2.65. The van der Waals surface area contributed by atoms with Gasteiger partial charge in [0.25, 0.3) is 5.56 Å². The second-order valence-electron chi connectivity index (χ2n) is 6.75. The lowest BCUT2D eigenvalue weighted by Crippen LogP contribution is -2.49. The maximum absolute atomic E-state index is 12.3. The number of hydrogen-bond acceptors (Lipinski definition) is 3. The van der Waals surface area contributed by atoms with Gasteiger partial charge in [0, 0.05) is 11.7 Å². The number of nitrogens with one attached hydrogen (secondary N) is 1. The number of carbonyl (C=O) groups excluding carboxylic acids is 1. The molecule has 0 amide bonds. The molecule has 106 valence electrons. The highest BCUT2D eigenvalue weighted by Crippen LogP contribution is 2.30. The molecule has 0 spiro atoms. The van der Waals surface area contributed by atoms with Crippen LogP contribution in [-0.2, 0) is 5.54 Å². The Morgan fingerprint density at radius 2 is 1.74 bits per heavy atom. The van der Waals surface area contributed by atoms with E-state index in [1.54, 1.807) is 0 Å². The fourth-order valence-electron chi connectivity index (χ4n) is 2.65. The minimum Gasteiger partial charge on any atom is -0.313 e. The van der Waals surface area contributed by atoms with Gasteiger partial charge in [-0.1, -0.05) is 20.8 Å². The minimum absolute atomic E-state index is 0.0154. The second-order valence-corrected chi connectivity index (χ2v) is 6.75. The molecule has 1 N–H and O–H groups in total. The van der Waals surface area contributed by atoms with Crippen molar-refractivity contribution >= 4 is 5.78 Å². The van der Waals surface area contributed by atoms with E-state index < -0.39 is 16.8 Å².